The SMILES string of the molecule is Cc1nc2ccc(OCC(N)=O)cc2c(=O)n1-c1ccc(Cl)cc1. The normalized spacial score (nSPS) is 10.8. The number of aryl methyl sites for hydroxylation is 1. The van der Waals surface area contributed by atoms with Crippen molar-refractivity contribution < 1.29 is 9.53 Å². The number of carbonyl (C=O) groups is 1. The van der Waals surface area contributed by atoms with Gasteiger partial charge < -0.3 is 10.5 Å². The lowest BCUT2D eigenvalue weighted by Gasteiger charge is -2.12. The Morgan fingerprint density at radius 3 is 2.62 bits per heavy atom. The number of halogens is 1. The fourth-order valence-corrected chi connectivity index (χ4v) is 2.54. The summed E-state index contributed by atoms with van der Waals surface area (Å²) in [6, 6.07) is 11.8. The standard InChI is InChI=1S/C17H14ClN3O3/c1-10-20-15-7-6-13(24-9-16(19)22)8-14(15)17(23)21(10)12-4-2-11(18)3-5-12/h2-8H,9H2,1H3,(H2,19,22). The second kappa shape index (κ2) is 6.33. The Balaban J connectivity index is 2.15. The van der Waals surface area contributed by atoms with E-state index in [1.165, 1.54) is 4.57 Å². The number of aromatic nitrogens is 2. The molecule has 0 bridgehead atoms. The van der Waals surface area contributed by atoms with Gasteiger partial charge in [-0.05, 0) is 49.4 Å². The van der Waals surface area contributed by atoms with Crippen LogP contribution in [-0.4, -0.2) is 22.1 Å². The van der Waals surface area contributed by atoms with E-state index < -0.39 is 5.91 Å². The number of nitrogens with zero attached hydrogens (tertiary/aromatic N) is 2. The van der Waals surface area contributed by atoms with Crippen LogP contribution in [0.1, 0.15) is 5.82 Å². The number of fused-ring (bicyclic) bond motifs is 1. The van der Waals surface area contributed by atoms with Gasteiger partial charge in [-0.15, -0.1) is 0 Å². The van der Waals surface area contributed by atoms with Gasteiger partial charge in [0.25, 0.3) is 11.5 Å². The molecule has 1 aromatic heterocycles. The van der Waals surface area contributed by atoms with Gasteiger partial charge in [-0.1, -0.05) is 11.6 Å². The molecule has 3 rings (SSSR count). The quantitative estimate of drug-likeness (QED) is 0.786. The van der Waals surface area contributed by atoms with Gasteiger partial charge in [0, 0.05) is 5.02 Å². The van der Waals surface area contributed by atoms with Crippen LogP contribution in [0.3, 0.4) is 0 Å². The number of primary amides is 1. The fraction of sp³-hybridized carbons (Fsp3) is 0.118. The molecule has 0 saturated heterocycles. The van der Waals surface area contributed by atoms with Gasteiger partial charge in [0.1, 0.15) is 11.6 Å². The average Bonchev–Trinajstić information content (AvgIpc) is 2.55. The van der Waals surface area contributed by atoms with Crippen LogP contribution in [0.15, 0.2) is 47.3 Å². The summed E-state index contributed by atoms with van der Waals surface area (Å²) in [6.45, 7) is 1.50. The van der Waals surface area contributed by atoms with Gasteiger partial charge in [0.05, 0.1) is 16.6 Å². The third-order valence-electron chi connectivity index (χ3n) is 3.47. The van der Waals surface area contributed by atoms with Crippen molar-refractivity contribution in [1.29, 1.82) is 0 Å². The van der Waals surface area contributed by atoms with Crippen molar-refractivity contribution in [2.24, 2.45) is 5.73 Å². The second-order valence-electron chi connectivity index (χ2n) is 5.21. The van der Waals surface area contributed by atoms with Crippen LogP contribution in [0.25, 0.3) is 16.6 Å². The molecule has 2 aromatic carbocycles. The van der Waals surface area contributed by atoms with E-state index in [1.54, 1.807) is 49.4 Å². The lowest BCUT2D eigenvalue weighted by molar-refractivity contribution is -0.119. The highest BCUT2D eigenvalue weighted by Crippen LogP contribution is 2.19. The molecule has 0 aliphatic carbocycles. The topological polar surface area (TPSA) is 87.2 Å². The summed E-state index contributed by atoms with van der Waals surface area (Å²) in [7, 11) is 0. The van der Waals surface area contributed by atoms with Crippen molar-refractivity contribution >= 4 is 28.4 Å². The van der Waals surface area contributed by atoms with Crippen molar-refractivity contribution in [2.45, 2.75) is 6.92 Å². The van der Waals surface area contributed by atoms with Crippen molar-refractivity contribution in [3.8, 4) is 11.4 Å². The molecule has 0 fully saturated rings. The molecule has 1 heterocycles. The van der Waals surface area contributed by atoms with Crippen molar-refractivity contribution in [1.82, 2.24) is 9.55 Å². The molecule has 0 aliphatic heterocycles. The van der Waals surface area contributed by atoms with E-state index in [9.17, 15) is 9.59 Å². The Labute approximate surface area is 142 Å². The average molecular weight is 344 g/mol. The molecular weight excluding hydrogens is 330 g/mol. The number of carbonyl (C=O) groups excluding carboxylic acids is 1. The van der Waals surface area contributed by atoms with E-state index in [4.69, 9.17) is 22.1 Å². The number of benzene rings is 2. The summed E-state index contributed by atoms with van der Waals surface area (Å²) in [6.07, 6.45) is 0. The number of ether oxygens (including phenoxy) is 1. The minimum absolute atomic E-state index is 0.232. The van der Waals surface area contributed by atoms with Crippen LogP contribution in [0.4, 0.5) is 0 Å². The van der Waals surface area contributed by atoms with Gasteiger partial charge in [0.15, 0.2) is 6.61 Å². The zero-order chi connectivity index (χ0) is 17.3. The fourth-order valence-electron chi connectivity index (χ4n) is 2.41. The minimum Gasteiger partial charge on any atom is -0.484 e. The Morgan fingerprint density at radius 2 is 1.96 bits per heavy atom. The van der Waals surface area contributed by atoms with Crippen LogP contribution in [-0.2, 0) is 4.79 Å². The zero-order valence-electron chi connectivity index (χ0n) is 12.8. The van der Waals surface area contributed by atoms with Gasteiger partial charge in [-0.2, -0.15) is 0 Å². The summed E-state index contributed by atoms with van der Waals surface area (Å²) in [5, 5.41) is 0.970. The van der Waals surface area contributed by atoms with Crippen molar-refractivity contribution in [3.05, 3.63) is 63.7 Å². The van der Waals surface area contributed by atoms with Crippen LogP contribution in [0.2, 0.25) is 5.02 Å². The van der Waals surface area contributed by atoms with Crippen molar-refractivity contribution in [3.63, 3.8) is 0 Å². The van der Waals surface area contributed by atoms with E-state index in [0.717, 1.165) is 0 Å². The van der Waals surface area contributed by atoms with Crippen molar-refractivity contribution in [2.75, 3.05) is 6.61 Å². The number of rotatable bonds is 4. The predicted molar refractivity (Wildman–Crippen MR) is 91.8 cm³/mol. The van der Waals surface area contributed by atoms with Crippen LogP contribution in [0, 0.1) is 6.92 Å². The smallest absolute Gasteiger partial charge is 0.266 e. The molecule has 24 heavy (non-hydrogen) atoms. The largest absolute Gasteiger partial charge is 0.484 e. The molecule has 3 aromatic rings. The second-order valence-corrected chi connectivity index (χ2v) is 5.65. The molecule has 0 unspecified atom stereocenters. The predicted octanol–water partition coefficient (Wildman–Crippen LogP) is 2.21. The molecule has 2 N–H and O–H groups in total. The van der Waals surface area contributed by atoms with E-state index >= 15 is 0 Å². The molecule has 6 nitrogen and oxygen atoms in total. The number of hydrogen-bond donors (Lipinski definition) is 1. The van der Waals surface area contributed by atoms with E-state index in [-0.39, 0.29) is 12.2 Å². The molecule has 1 amide bonds. The van der Waals surface area contributed by atoms with Crippen LogP contribution in [0.5, 0.6) is 5.75 Å². The summed E-state index contributed by atoms with van der Waals surface area (Å²) < 4.78 is 6.75. The van der Waals surface area contributed by atoms with E-state index in [2.05, 4.69) is 4.98 Å². The van der Waals surface area contributed by atoms with E-state index in [0.29, 0.717) is 33.2 Å². The highest BCUT2D eigenvalue weighted by atomic mass is 35.5. The lowest BCUT2D eigenvalue weighted by atomic mass is 10.2. The summed E-state index contributed by atoms with van der Waals surface area (Å²) in [5.41, 5.74) is 6.05. The highest BCUT2D eigenvalue weighted by Gasteiger charge is 2.11. The molecular formula is C17H14ClN3O3. The first-order valence-electron chi connectivity index (χ1n) is 7.16. The Bertz CT molecular complexity index is 981. The first-order valence-corrected chi connectivity index (χ1v) is 7.54. The summed E-state index contributed by atoms with van der Waals surface area (Å²) in [5.74, 6) is 0.350. The monoisotopic (exact) mass is 343 g/mol. The first kappa shape index (κ1) is 16.0. The molecule has 7 heteroatoms. The number of amides is 1. The van der Waals surface area contributed by atoms with Gasteiger partial charge in [0.2, 0.25) is 0 Å². The van der Waals surface area contributed by atoms with Gasteiger partial charge >= 0.3 is 0 Å². The first-order chi connectivity index (χ1) is 11.5. The summed E-state index contributed by atoms with van der Waals surface area (Å²) in [4.78, 5) is 28.1. The Hall–Kier alpha value is -2.86. The van der Waals surface area contributed by atoms with Gasteiger partial charge in [-0.3, -0.25) is 14.2 Å². The number of nitrogens with two attached hydrogens (primary N) is 1. The maximum Gasteiger partial charge on any atom is 0.266 e. The minimum atomic E-state index is -0.587. The van der Waals surface area contributed by atoms with Crippen LogP contribution < -0.4 is 16.0 Å². The molecule has 0 radical (unpaired) electrons. The summed E-state index contributed by atoms with van der Waals surface area (Å²) >= 11 is 5.90. The zero-order valence-corrected chi connectivity index (χ0v) is 13.6. The lowest BCUT2D eigenvalue weighted by Crippen LogP contribution is -2.22. The van der Waals surface area contributed by atoms with E-state index in [1.807, 2.05) is 0 Å². The molecule has 0 aliphatic rings. The number of hydrogen-bond acceptors (Lipinski definition) is 4. The maximum absolute atomic E-state index is 12.9. The van der Waals surface area contributed by atoms with Crippen LogP contribution >= 0.6 is 11.6 Å². The third-order valence-corrected chi connectivity index (χ3v) is 3.73. The highest BCUT2D eigenvalue weighted by molar-refractivity contribution is 6.30. The molecule has 0 saturated carbocycles. The third kappa shape index (κ3) is 3.09. The Kier molecular flexibility index (Phi) is 4.22. The molecule has 122 valence electrons. The Morgan fingerprint density at radius 1 is 1.25 bits per heavy atom. The van der Waals surface area contributed by atoms with Gasteiger partial charge in [-0.25, -0.2) is 4.98 Å². The molecule has 0 spiro atoms. The molecule has 0 atom stereocenters. The maximum atomic E-state index is 12.9.